The molecular weight excluding hydrogens is 310 g/mol. The quantitative estimate of drug-likeness (QED) is 0.574. The minimum absolute atomic E-state index is 0.487. The smallest absolute Gasteiger partial charge is 0.159 e. The van der Waals surface area contributed by atoms with E-state index in [0.29, 0.717) is 17.3 Å². The number of aromatic nitrogens is 2. The summed E-state index contributed by atoms with van der Waals surface area (Å²) in [6, 6.07) is 18.2. The van der Waals surface area contributed by atoms with E-state index in [1.54, 1.807) is 0 Å². The molecule has 0 spiro atoms. The number of para-hydroxylation sites is 1. The molecule has 5 nitrogen and oxygen atoms in total. The average Bonchev–Trinajstić information content (AvgIpc) is 2.65. The first kappa shape index (κ1) is 16.8. The van der Waals surface area contributed by atoms with Crippen molar-refractivity contribution >= 4 is 28.7 Å². The molecule has 0 atom stereocenters. The highest BCUT2D eigenvalue weighted by Gasteiger charge is 2.08. The molecule has 4 N–H and O–H groups in total. The van der Waals surface area contributed by atoms with Crippen molar-refractivity contribution in [2.45, 2.75) is 26.2 Å². The molecule has 128 valence electrons. The van der Waals surface area contributed by atoms with E-state index in [9.17, 15) is 0 Å². The minimum Gasteiger partial charge on any atom is -0.393 e. The summed E-state index contributed by atoms with van der Waals surface area (Å²) in [4.78, 5) is 8.50. The maximum Gasteiger partial charge on any atom is 0.159 e. The lowest BCUT2D eigenvalue weighted by Crippen LogP contribution is -2.05. The first-order valence-corrected chi connectivity index (χ1v) is 8.54. The van der Waals surface area contributed by atoms with Gasteiger partial charge in [-0.3, -0.25) is 0 Å². The molecule has 0 saturated heterocycles. The van der Waals surface area contributed by atoms with Gasteiger partial charge < -0.3 is 16.4 Å². The topological polar surface area (TPSA) is 75.9 Å². The van der Waals surface area contributed by atoms with E-state index in [4.69, 9.17) is 5.73 Å². The summed E-state index contributed by atoms with van der Waals surface area (Å²) in [5.41, 5.74) is 9.94. The van der Waals surface area contributed by atoms with E-state index in [0.717, 1.165) is 17.8 Å². The first-order chi connectivity index (χ1) is 12.3. The molecule has 25 heavy (non-hydrogen) atoms. The Morgan fingerprint density at radius 2 is 1.44 bits per heavy atom. The van der Waals surface area contributed by atoms with Crippen LogP contribution in [0.4, 0.5) is 28.7 Å². The third-order valence-electron chi connectivity index (χ3n) is 3.96. The molecule has 0 amide bonds. The molecule has 0 aliphatic heterocycles. The zero-order valence-electron chi connectivity index (χ0n) is 14.4. The lowest BCUT2D eigenvalue weighted by Gasteiger charge is -2.13. The minimum atomic E-state index is 0.487. The number of unbranched alkanes of at least 4 members (excludes halogenated alkanes) is 1. The SMILES string of the molecule is CCCCc1ccc(Nc2ncnc(Nc3ccccc3)c2N)cc1. The van der Waals surface area contributed by atoms with Gasteiger partial charge in [-0.05, 0) is 42.7 Å². The molecule has 0 fully saturated rings. The number of nitrogens with one attached hydrogen (secondary N) is 2. The van der Waals surface area contributed by atoms with Crippen molar-refractivity contribution in [3.05, 3.63) is 66.5 Å². The van der Waals surface area contributed by atoms with Gasteiger partial charge in [-0.2, -0.15) is 0 Å². The van der Waals surface area contributed by atoms with Gasteiger partial charge >= 0.3 is 0 Å². The summed E-state index contributed by atoms with van der Waals surface area (Å²) in [5.74, 6) is 1.18. The van der Waals surface area contributed by atoms with Crippen molar-refractivity contribution in [2.75, 3.05) is 16.4 Å². The Hall–Kier alpha value is -3.08. The van der Waals surface area contributed by atoms with E-state index in [-0.39, 0.29) is 0 Å². The van der Waals surface area contributed by atoms with Gasteiger partial charge in [0.2, 0.25) is 0 Å². The molecule has 2 aromatic carbocycles. The molecule has 5 heteroatoms. The molecular formula is C20H23N5. The Morgan fingerprint density at radius 1 is 0.840 bits per heavy atom. The van der Waals surface area contributed by atoms with E-state index in [2.05, 4.69) is 51.8 Å². The lowest BCUT2D eigenvalue weighted by molar-refractivity contribution is 0.795. The Kier molecular flexibility index (Phi) is 5.46. The second kappa shape index (κ2) is 8.15. The molecule has 3 aromatic rings. The first-order valence-electron chi connectivity index (χ1n) is 8.54. The highest BCUT2D eigenvalue weighted by molar-refractivity contribution is 5.80. The molecule has 1 aromatic heterocycles. The van der Waals surface area contributed by atoms with Crippen LogP contribution in [0, 0.1) is 0 Å². The summed E-state index contributed by atoms with van der Waals surface area (Å²) in [6.07, 6.45) is 5.02. The van der Waals surface area contributed by atoms with Crippen LogP contribution >= 0.6 is 0 Å². The zero-order valence-corrected chi connectivity index (χ0v) is 14.4. The number of nitrogens with two attached hydrogens (primary N) is 1. The lowest BCUT2D eigenvalue weighted by atomic mass is 10.1. The van der Waals surface area contributed by atoms with Crippen molar-refractivity contribution in [2.24, 2.45) is 0 Å². The van der Waals surface area contributed by atoms with Crippen molar-refractivity contribution in [1.82, 2.24) is 9.97 Å². The van der Waals surface area contributed by atoms with Crippen LogP contribution in [0.3, 0.4) is 0 Å². The maximum absolute atomic E-state index is 6.22. The van der Waals surface area contributed by atoms with E-state index >= 15 is 0 Å². The third kappa shape index (κ3) is 4.47. The van der Waals surface area contributed by atoms with E-state index in [1.807, 2.05) is 30.3 Å². The molecule has 3 rings (SSSR count). The fourth-order valence-corrected chi connectivity index (χ4v) is 2.53. The van der Waals surface area contributed by atoms with Crippen LogP contribution in [0.5, 0.6) is 0 Å². The second-order valence-corrected chi connectivity index (χ2v) is 5.90. The average molecular weight is 333 g/mol. The summed E-state index contributed by atoms with van der Waals surface area (Å²) in [7, 11) is 0. The summed E-state index contributed by atoms with van der Waals surface area (Å²) in [5, 5.41) is 6.48. The molecule has 1 heterocycles. The number of benzene rings is 2. The highest BCUT2D eigenvalue weighted by Crippen LogP contribution is 2.28. The van der Waals surface area contributed by atoms with Crippen LogP contribution in [0.1, 0.15) is 25.3 Å². The van der Waals surface area contributed by atoms with Crippen molar-refractivity contribution in [3.63, 3.8) is 0 Å². The van der Waals surface area contributed by atoms with Crippen LogP contribution in [-0.2, 0) is 6.42 Å². The monoisotopic (exact) mass is 333 g/mol. The number of rotatable bonds is 7. The van der Waals surface area contributed by atoms with E-state index < -0.39 is 0 Å². The summed E-state index contributed by atoms with van der Waals surface area (Å²) >= 11 is 0. The number of nitrogen functional groups attached to an aromatic ring is 1. The van der Waals surface area contributed by atoms with Crippen LogP contribution in [0.2, 0.25) is 0 Å². The fourth-order valence-electron chi connectivity index (χ4n) is 2.53. The van der Waals surface area contributed by atoms with Gasteiger partial charge in [-0.25, -0.2) is 9.97 Å². The summed E-state index contributed by atoms with van der Waals surface area (Å²) in [6.45, 7) is 2.20. The standard InChI is InChI=1S/C20H23N5/c1-2-3-7-15-10-12-17(13-11-15)25-20-18(21)19(22-14-23-20)24-16-8-5-4-6-9-16/h4-6,8-14H,2-3,7,21H2,1H3,(H2,22,23,24,25). The normalized spacial score (nSPS) is 10.4. The Labute approximate surface area is 148 Å². The third-order valence-corrected chi connectivity index (χ3v) is 3.96. The Morgan fingerprint density at radius 3 is 2.04 bits per heavy atom. The van der Waals surface area contributed by atoms with E-state index in [1.165, 1.54) is 24.7 Å². The van der Waals surface area contributed by atoms with Crippen molar-refractivity contribution < 1.29 is 0 Å². The van der Waals surface area contributed by atoms with Gasteiger partial charge in [0.25, 0.3) is 0 Å². The number of hydrogen-bond donors (Lipinski definition) is 3. The van der Waals surface area contributed by atoms with Crippen molar-refractivity contribution in [3.8, 4) is 0 Å². The van der Waals surface area contributed by atoms with Gasteiger partial charge in [-0.1, -0.05) is 43.7 Å². The van der Waals surface area contributed by atoms with Crippen LogP contribution in [0.15, 0.2) is 60.9 Å². The Bertz CT molecular complexity index is 800. The molecule has 0 aliphatic carbocycles. The second-order valence-electron chi connectivity index (χ2n) is 5.90. The van der Waals surface area contributed by atoms with Crippen LogP contribution in [0.25, 0.3) is 0 Å². The predicted molar refractivity (Wildman–Crippen MR) is 105 cm³/mol. The van der Waals surface area contributed by atoms with Gasteiger partial charge in [0.15, 0.2) is 11.6 Å². The van der Waals surface area contributed by atoms with Gasteiger partial charge in [-0.15, -0.1) is 0 Å². The van der Waals surface area contributed by atoms with Gasteiger partial charge in [0, 0.05) is 11.4 Å². The largest absolute Gasteiger partial charge is 0.393 e. The van der Waals surface area contributed by atoms with Crippen LogP contribution in [-0.4, -0.2) is 9.97 Å². The van der Waals surface area contributed by atoms with Gasteiger partial charge in [0.05, 0.1) is 0 Å². The molecule has 0 unspecified atom stereocenters. The molecule has 0 saturated carbocycles. The predicted octanol–water partition coefficient (Wildman–Crippen LogP) is 4.89. The number of aryl methyl sites for hydroxylation is 1. The number of anilines is 5. The van der Waals surface area contributed by atoms with Crippen molar-refractivity contribution in [1.29, 1.82) is 0 Å². The highest BCUT2D eigenvalue weighted by atomic mass is 15.1. The van der Waals surface area contributed by atoms with Crippen LogP contribution < -0.4 is 16.4 Å². The zero-order chi connectivity index (χ0) is 17.5. The fraction of sp³-hybridized carbons (Fsp3) is 0.200. The number of nitrogens with zero attached hydrogens (tertiary/aromatic N) is 2. The Balaban J connectivity index is 1.73. The molecule has 0 aliphatic rings. The maximum atomic E-state index is 6.22. The summed E-state index contributed by atoms with van der Waals surface area (Å²) < 4.78 is 0. The van der Waals surface area contributed by atoms with Gasteiger partial charge in [0.1, 0.15) is 12.0 Å². The molecule has 0 bridgehead atoms. The molecule has 0 radical (unpaired) electrons. The number of hydrogen-bond acceptors (Lipinski definition) is 5.